The molecular weight excluding hydrogens is 266 g/mol. The first kappa shape index (κ1) is 21.7. The lowest BCUT2D eigenvalue weighted by atomic mass is 10.0. The standard InChI is InChI=1S/C21H43N/c1-4-7-8-9-10-11-12-13-14-15-16-17-18-19-20-21-22(5-2)6-3/h19-20H,4-18,21H2,1-3H3. The molecule has 0 aliphatic heterocycles. The van der Waals surface area contributed by atoms with Gasteiger partial charge in [0.25, 0.3) is 0 Å². The number of allylic oxidation sites excluding steroid dienone is 1. The zero-order valence-electron chi connectivity index (χ0n) is 15.9. The van der Waals surface area contributed by atoms with E-state index in [2.05, 4.69) is 37.8 Å². The first-order valence-electron chi connectivity index (χ1n) is 10.2. The highest BCUT2D eigenvalue weighted by Crippen LogP contribution is 2.12. The highest BCUT2D eigenvalue weighted by atomic mass is 15.1. The second-order valence-corrected chi connectivity index (χ2v) is 6.64. The van der Waals surface area contributed by atoms with Crippen LogP contribution in [0.25, 0.3) is 0 Å². The lowest BCUT2D eigenvalue weighted by Gasteiger charge is -2.14. The van der Waals surface area contributed by atoms with Crippen molar-refractivity contribution in [3.63, 3.8) is 0 Å². The molecular formula is C21H43N. The third-order valence-electron chi connectivity index (χ3n) is 4.65. The van der Waals surface area contributed by atoms with Crippen molar-refractivity contribution in [3.8, 4) is 0 Å². The molecule has 0 heterocycles. The van der Waals surface area contributed by atoms with Crippen LogP contribution in [-0.4, -0.2) is 24.5 Å². The van der Waals surface area contributed by atoms with Crippen LogP contribution < -0.4 is 0 Å². The van der Waals surface area contributed by atoms with Crippen LogP contribution >= 0.6 is 0 Å². The van der Waals surface area contributed by atoms with Gasteiger partial charge in [-0.05, 0) is 25.9 Å². The highest BCUT2D eigenvalue weighted by molar-refractivity contribution is 4.84. The number of nitrogens with zero attached hydrogens (tertiary/aromatic N) is 1. The summed E-state index contributed by atoms with van der Waals surface area (Å²) in [5.74, 6) is 0. The Morgan fingerprint density at radius 3 is 1.45 bits per heavy atom. The molecule has 0 saturated carbocycles. The molecule has 1 nitrogen and oxygen atoms in total. The van der Waals surface area contributed by atoms with E-state index < -0.39 is 0 Å². The molecule has 0 spiro atoms. The predicted octanol–water partition coefficient (Wildman–Crippen LogP) is 6.98. The summed E-state index contributed by atoms with van der Waals surface area (Å²) in [6.45, 7) is 10.2. The molecule has 0 bridgehead atoms. The molecule has 0 N–H and O–H groups in total. The van der Waals surface area contributed by atoms with Crippen molar-refractivity contribution in [1.29, 1.82) is 0 Å². The Kier molecular flexibility index (Phi) is 18.5. The number of rotatable bonds is 17. The quantitative estimate of drug-likeness (QED) is 0.207. The van der Waals surface area contributed by atoms with E-state index >= 15 is 0 Å². The zero-order valence-corrected chi connectivity index (χ0v) is 15.9. The van der Waals surface area contributed by atoms with Crippen LogP contribution in [0.4, 0.5) is 0 Å². The number of hydrogen-bond donors (Lipinski definition) is 0. The molecule has 0 atom stereocenters. The molecule has 0 aromatic heterocycles. The molecule has 0 aromatic rings. The monoisotopic (exact) mass is 309 g/mol. The topological polar surface area (TPSA) is 3.24 Å². The zero-order chi connectivity index (χ0) is 16.3. The van der Waals surface area contributed by atoms with E-state index in [0.717, 1.165) is 6.54 Å². The molecule has 0 saturated heterocycles. The average molecular weight is 310 g/mol. The van der Waals surface area contributed by atoms with Gasteiger partial charge in [0, 0.05) is 6.54 Å². The van der Waals surface area contributed by atoms with Gasteiger partial charge in [-0.1, -0.05) is 104 Å². The Labute approximate surface area is 141 Å². The van der Waals surface area contributed by atoms with Crippen LogP contribution in [-0.2, 0) is 0 Å². The van der Waals surface area contributed by atoms with Gasteiger partial charge < -0.3 is 4.90 Å². The molecule has 132 valence electrons. The van der Waals surface area contributed by atoms with Gasteiger partial charge in [0.2, 0.25) is 0 Å². The largest absolute Gasteiger partial charge is 0.300 e. The summed E-state index contributed by atoms with van der Waals surface area (Å²) in [7, 11) is 0. The molecule has 0 amide bonds. The van der Waals surface area contributed by atoms with Gasteiger partial charge >= 0.3 is 0 Å². The first-order chi connectivity index (χ1) is 10.8. The summed E-state index contributed by atoms with van der Waals surface area (Å²) in [6.07, 6.45) is 23.3. The van der Waals surface area contributed by atoms with Crippen LogP contribution in [0.1, 0.15) is 104 Å². The summed E-state index contributed by atoms with van der Waals surface area (Å²) in [5.41, 5.74) is 0. The fourth-order valence-corrected chi connectivity index (χ4v) is 2.93. The predicted molar refractivity (Wildman–Crippen MR) is 103 cm³/mol. The summed E-state index contributed by atoms with van der Waals surface area (Å²) in [5, 5.41) is 0. The van der Waals surface area contributed by atoms with Gasteiger partial charge in [-0.15, -0.1) is 0 Å². The Hall–Kier alpha value is -0.300. The van der Waals surface area contributed by atoms with Crippen LogP contribution in [0.5, 0.6) is 0 Å². The van der Waals surface area contributed by atoms with Crippen LogP contribution in [0.15, 0.2) is 12.2 Å². The fraction of sp³-hybridized carbons (Fsp3) is 0.905. The van der Waals surface area contributed by atoms with Crippen LogP contribution in [0.3, 0.4) is 0 Å². The molecule has 22 heavy (non-hydrogen) atoms. The Morgan fingerprint density at radius 2 is 1.00 bits per heavy atom. The van der Waals surface area contributed by atoms with Gasteiger partial charge in [-0.25, -0.2) is 0 Å². The summed E-state index contributed by atoms with van der Waals surface area (Å²) < 4.78 is 0. The van der Waals surface area contributed by atoms with E-state index in [9.17, 15) is 0 Å². The normalized spacial score (nSPS) is 11.8. The van der Waals surface area contributed by atoms with E-state index in [1.165, 1.54) is 96.6 Å². The second kappa shape index (κ2) is 18.7. The number of hydrogen-bond acceptors (Lipinski definition) is 1. The van der Waals surface area contributed by atoms with Crippen molar-refractivity contribution in [2.45, 2.75) is 104 Å². The fourth-order valence-electron chi connectivity index (χ4n) is 2.93. The third-order valence-corrected chi connectivity index (χ3v) is 4.65. The minimum absolute atomic E-state index is 1.13. The van der Waals surface area contributed by atoms with Crippen molar-refractivity contribution in [1.82, 2.24) is 4.90 Å². The first-order valence-corrected chi connectivity index (χ1v) is 10.2. The van der Waals surface area contributed by atoms with E-state index in [4.69, 9.17) is 0 Å². The van der Waals surface area contributed by atoms with E-state index in [-0.39, 0.29) is 0 Å². The highest BCUT2D eigenvalue weighted by Gasteiger charge is 1.94. The third kappa shape index (κ3) is 16.1. The maximum Gasteiger partial charge on any atom is 0.0162 e. The molecule has 0 rings (SSSR count). The van der Waals surface area contributed by atoms with Gasteiger partial charge in [0.05, 0.1) is 0 Å². The maximum absolute atomic E-state index is 2.46. The van der Waals surface area contributed by atoms with Crippen molar-refractivity contribution in [2.75, 3.05) is 19.6 Å². The second-order valence-electron chi connectivity index (χ2n) is 6.64. The molecule has 0 aliphatic carbocycles. The molecule has 0 fully saturated rings. The minimum Gasteiger partial charge on any atom is -0.300 e. The van der Waals surface area contributed by atoms with E-state index in [0.29, 0.717) is 0 Å². The number of likely N-dealkylation sites (N-methyl/N-ethyl adjacent to an activating group) is 1. The average Bonchev–Trinajstić information content (AvgIpc) is 2.55. The Balaban J connectivity index is 3.12. The van der Waals surface area contributed by atoms with Crippen molar-refractivity contribution in [2.24, 2.45) is 0 Å². The summed E-state index contributed by atoms with van der Waals surface area (Å²) >= 11 is 0. The van der Waals surface area contributed by atoms with Crippen molar-refractivity contribution < 1.29 is 0 Å². The number of unbranched alkanes of at least 4 members (excludes halogenated alkanes) is 12. The van der Waals surface area contributed by atoms with Crippen LogP contribution in [0.2, 0.25) is 0 Å². The Bertz CT molecular complexity index is 218. The van der Waals surface area contributed by atoms with Crippen molar-refractivity contribution in [3.05, 3.63) is 12.2 Å². The van der Waals surface area contributed by atoms with Crippen LogP contribution in [0, 0.1) is 0 Å². The molecule has 0 aliphatic rings. The molecule has 0 radical (unpaired) electrons. The van der Waals surface area contributed by atoms with Crippen molar-refractivity contribution >= 4 is 0 Å². The van der Waals surface area contributed by atoms with Gasteiger partial charge in [-0.2, -0.15) is 0 Å². The van der Waals surface area contributed by atoms with Gasteiger partial charge in [0.1, 0.15) is 0 Å². The minimum atomic E-state index is 1.13. The summed E-state index contributed by atoms with van der Waals surface area (Å²) in [4.78, 5) is 2.46. The molecule has 0 unspecified atom stereocenters. The lowest BCUT2D eigenvalue weighted by molar-refractivity contribution is 0.337. The van der Waals surface area contributed by atoms with E-state index in [1.807, 2.05) is 0 Å². The molecule has 1 heteroatoms. The van der Waals surface area contributed by atoms with Gasteiger partial charge in [0.15, 0.2) is 0 Å². The van der Waals surface area contributed by atoms with Gasteiger partial charge in [-0.3, -0.25) is 0 Å². The SMILES string of the molecule is CCCCCCCCCCCCCCC=CCN(CC)CC. The Morgan fingerprint density at radius 1 is 0.545 bits per heavy atom. The molecule has 0 aromatic carbocycles. The van der Waals surface area contributed by atoms with E-state index in [1.54, 1.807) is 0 Å². The maximum atomic E-state index is 2.46. The lowest BCUT2D eigenvalue weighted by Crippen LogP contribution is -2.22. The summed E-state index contributed by atoms with van der Waals surface area (Å²) in [6, 6.07) is 0. The smallest absolute Gasteiger partial charge is 0.0162 e.